The van der Waals surface area contributed by atoms with E-state index in [9.17, 15) is 22.8 Å². The van der Waals surface area contributed by atoms with Crippen LogP contribution in [0.25, 0.3) is 0 Å². The van der Waals surface area contributed by atoms with Crippen molar-refractivity contribution in [2.24, 2.45) is 0 Å². The van der Waals surface area contributed by atoms with Crippen LogP contribution in [-0.2, 0) is 20.5 Å². The van der Waals surface area contributed by atoms with Gasteiger partial charge >= 0.3 is 18.0 Å². The van der Waals surface area contributed by atoms with Gasteiger partial charge in [0.25, 0.3) is 0 Å². The average Bonchev–Trinajstić information content (AvgIpc) is 2.60. The molecule has 2 rings (SSSR count). The molecule has 0 saturated carbocycles. The van der Waals surface area contributed by atoms with Crippen LogP contribution < -0.4 is 10.6 Å². The molecule has 1 aromatic carbocycles. The summed E-state index contributed by atoms with van der Waals surface area (Å²) in [4.78, 5) is 25.8. The largest absolute Gasteiger partial charge is 0.416 e. The topological polar surface area (TPSA) is 70.7 Å². The van der Waals surface area contributed by atoms with Gasteiger partial charge in [0.05, 0.1) is 29.5 Å². The maximum Gasteiger partial charge on any atom is 0.416 e. The molecule has 2 N–H and O–H groups in total. The molecule has 0 aromatic heterocycles. The van der Waals surface area contributed by atoms with E-state index in [0.29, 0.717) is 25.7 Å². The van der Waals surface area contributed by atoms with E-state index in [1.54, 1.807) is 0 Å². The Hall–Kier alpha value is -1.84. The summed E-state index contributed by atoms with van der Waals surface area (Å²) in [5.74, 6) is -2.00. The molecule has 0 atom stereocenters. The number of nitrogens with zero attached hydrogens (tertiary/aromatic N) is 1. The zero-order valence-electron chi connectivity index (χ0n) is 13.9. The van der Waals surface area contributed by atoms with Crippen molar-refractivity contribution in [3.63, 3.8) is 0 Å². The van der Waals surface area contributed by atoms with Crippen molar-refractivity contribution in [3.8, 4) is 0 Å². The van der Waals surface area contributed by atoms with Crippen LogP contribution in [0.1, 0.15) is 12.0 Å². The number of morpholine rings is 1. The zero-order chi connectivity index (χ0) is 19.2. The van der Waals surface area contributed by atoms with E-state index in [4.69, 9.17) is 16.3 Å². The van der Waals surface area contributed by atoms with Crippen LogP contribution in [0.3, 0.4) is 0 Å². The molecule has 0 unspecified atom stereocenters. The van der Waals surface area contributed by atoms with Crippen molar-refractivity contribution in [3.05, 3.63) is 28.8 Å². The number of rotatable bonds is 5. The fourth-order valence-electron chi connectivity index (χ4n) is 2.39. The van der Waals surface area contributed by atoms with E-state index >= 15 is 0 Å². The molecule has 0 radical (unpaired) electrons. The number of halogens is 4. The van der Waals surface area contributed by atoms with Gasteiger partial charge in [-0.3, -0.25) is 14.5 Å². The summed E-state index contributed by atoms with van der Waals surface area (Å²) >= 11 is 5.78. The van der Waals surface area contributed by atoms with Gasteiger partial charge in [-0.05, 0) is 31.2 Å². The Morgan fingerprint density at radius 1 is 1.19 bits per heavy atom. The Labute approximate surface area is 153 Å². The molecular formula is C16H19ClF3N3O3. The predicted octanol–water partition coefficient (Wildman–Crippen LogP) is 2.14. The molecule has 2 amide bonds. The van der Waals surface area contributed by atoms with Crippen molar-refractivity contribution in [1.82, 2.24) is 10.2 Å². The second kappa shape index (κ2) is 9.20. The number of carbonyl (C=O) groups is 2. The SMILES string of the molecule is O=C(NCCCN1CCOCC1)C(=O)Nc1cc(C(F)(F)F)ccc1Cl. The lowest BCUT2D eigenvalue weighted by molar-refractivity contribution is -0.137. The van der Waals surface area contributed by atoms with E-state index in [1.165, 1.54) is 0 Å². The lowest BCUT2D eigenvalue weighted by atomic mass is 10.2. The smallest absolute Gasteiger partial charge is 0.379 e. The standard InChI is InChI=1S/C16H19ClF3N3O3/c17-12-3-2-11(16(18,19)20)10-13(12)22-15(25)14(24)21-4-1-5-23-6-8-26-9-7-23/h2-3,10H,1,4-9H2,(H,21,24)(H,22,25). The highest BCUT2D eigenvalue weighted by molar-refractivity contribution is 6.41. The van der Waals surface area contributed by atoms with Gasteiger partial charge in [-0.15, -0.1) is 0 Å². The summed E-state index contributed by atoms with van der Waals surface area (Å²) < 4.78 is 43.3. The first-order valence-corrected chi connectivity index (χ1v) is 8.41. The Bertz CT molecular complexity index is 649. The van der Waals surface area contributed by atoms with Crippen LogP contribution >= 0.6 is 11.6 Å². The van der Waals surface area contributed by atoms with E-state index in [1.807, 2.05) is 0 Å². The number of amides is 2. The number of hydrogen-bond acceptors (Lipinski definition) is 4. The van der Waals surface area contributed by atoms with Gasteiger partial charge < -0.3 is 15.4 Å². The second-order valence-corrected chi connectivity index (χ2v) is 6.12. The zero-order valence-corrected chi connectivity index (χ0v) is 14.6. The van der Waals surface area contributed by atoms with E-state index in [0.717, 1.165) is 31.8 Å². The number of nitrogens with one attached hydrogen (secondary N) is 2. The van der Waals surface area contributed by atoms with Gasteiger partial charge in [0.1, 0.15) is 0 Å². The van der Waals surface area contributed by atoms with E-state index in [-0.39, 0.29) is 17.3 Å². The van der Waals surface area contributed by atoms with E-state index in [2.05, 4.69) is 15.5 Å². The fourth-order valence-corrected chi connectivity index (χ4v) is 2.55. The number of carbonyl (C=O) groups excluding carboxylic acids is 2. The Morgan fingerprint density at radius 2 is 1.88 bits per heavy atom. The molecule has 0 spiro atoms. The summed E-state index contributed by atoms with van der Waals surface area (Å²) in [7, 11) is 0. The number of ether oxygens (including phenoxy) is 1. The average molecular weight is 394 g/mol. The molecule has 6 nitrogen and oxygen atoms in total. The molecule has 1 aliphatic heterocycles. The first-order chi connectivity index (χ1) is 12.3. The van der Waals surface area contributed by atoms with Crippen molar-refractivity contribution in [2.45, 2.75) is 12.6 Å². The van der Waals surface area contributed by atoms with Gasteiger partial charge in [-0.2, -0.15) is 13.2 Å². The van der Waals surface area contributed by atoms with Gasteiger partial charge in [0.15, 0.2) is 0 Å². The van der Waals surface area contributed by atoms with E-state index < -0.39 is 23.6 Å². The third kappa shape index (κ3) is 6.15. The summed E-state index contributed by atoms with van der Waals surface area (Å²) in [5.41, 5.74) is -1.24. The third-order valence-electron chi connectivity index (χ3n) is 3.79. The summed E-state index contributed by atoms with van der Waals surface area (Å²) in [5, 5.41) is 4.44. The molecule has 144 valence electrons. The van der Waals surface area contributed by atoms with Crippen molar-refractivity contribution < 1.29 is 27.5 Å². The summed E-state index contributed by atoms with van der Waals surface area (Å²) in [6.45, 7) is 4.02. The monoisotopic (exact) mass is 393 g/mol. The van der Waals surface area contributed by atoms with Gasteiger partial charge in [-0.1, -0.05) is 11.6 Å². The Balaban J connectivity index is 1.80. The van der Waals surface area contributed by atoms with Gasteiger partial charge in [-0.25, -0.2) is 0 Å². The van der Waals surface area contributed by atoms with Crippen LogP contribution in [0.15, 0.2) is 18.2 Å². The second-order valence-electron chi connectivity index (χ2n) is 5.71. The molecule has 26 heavy (non-hydrogen) atoms. The third-order valence-corrected chi connectivity index (χ3v) is 4.12. The van der Waals surface area contributed by atoms with Crippen LogP contribution in [0.5, 0.6) is 0 Å². The van der Waals surface area contributed by atoms with Crippen LogP contribution in [-0.4, -0.2) is 56.1 Å². The molecule has 0 aliphatic carbocycles. The van der Waals surface area contributed by atoms with Crippen molar-refractivity contribution in [2.75, 3.05) is 44.7 Å². The molecule has 1 heterocycles. The van der Waals surface area contributed by atoms with Crippen LogP contribution in [0.4, 0.5) is 18.9 Å². The minimum Gasteiger partial charge on any atom is -0.379 e. The van der Waals surface area contributed by atoms with Gasteiger partial charge in [0, 0.05) is 19.6 Å². The first-order valence-electron chi connectivity index (χ1n) is 8.03. The number of anilines is 1. The number of alkyl halides is 3. The van der Waals surface area contributed by atoms with Crippen LogP contribution in [0.2, 0.25) is 5.02 Å². The first kappa shape index (κ1) is 20.5. The van der Waals surface area contributed by atoms with Crippen molar-refractivity contribution >= 4 is 29.1 Å². The van der Waals surface area contributed by atoms with Crippen molar-refractivity contribution in [1.29, 1.82) is 0 Å². The Kier molecular flexibility index (Phi) is 7.24. The minimum absolute atomic E-state index is 0.0912. The fraction of sp³-hybridized carbons (Fsp3) is 0.500. The normalized spacial score (nSPS) is 15.5. The quantitative estimate of drug-likeness (QED) is 0.594. The minimum atomic E-state index is -4.58. The maximum absolute atomic E-state index is 12.7. The number of benzene rings is 1. The lowest BCUT2D eigenvalue weighted by Crippen LogP contribution is -2.39. The summed E-state index contributed by atoms with van der Waals surface area (Å²) in [6.07, 6.45) is -3.94. The molecule has 1 fully saturated rings. The Morgan fingerprint density at radius 3 is 2.54 bits per heavy atom. The highest BCUT2D eigenvalue weighted by Crippen LogP contribution is 2.33. The molecule has 0 bridgehead atoms. The van der Waals surface area contributed by atoms with Crippen LogP contribution in [0, 0.1) is 0 Å². The maximum atomic E-state index is 12.7. The molecule has 1 aliphatic rings. The highest BCUT2D eigenvalue weighted by atomic mass is 35.5. The molecule has 1 saturated heterocycles. The predicted molar refractivity (Wildman–Crippen MR) is 90.0 cm³/mol. The van der Waals surface area contributed by atoms with Gasteiger partial charge in [0.2, 0.25) is 0 Å². The number of hydrogen-bond donors (Lipinski definition) is 2. The molecular weight excluding hydrogens is 375 g/mol. The highest BCUT2D eigenvalue weighted by Gasteiger charge is 2.31. The lowest BCUT2D eigenvalue weighted by Gasteiger charge is -2.26. The summed E-state index contributed by atoms with van der Waals surface area (Å²) in [6, 6.07) is 2.50. The molecule has 1 aromatic rings. The molecule has 10 heteroatoms.